The zero-order valence-corrected chi connectivity index (χ0v) is 12.5. The van der Waals surface area contributed by atoms with Crippen molar-refractivity contribution in [2.24, 2.45) is 5.16 Å². The van der Waals surface area contributed by atoms with Crippen LogP contribution in [-0.4, -0.2) is 12.8 Å². The molecule has 1 aromatic rings. The van der Waals surface area contributed by atoms with E-state index < -0.39 is 0 Å². The normalized spacial score (nSPS) is 16.4. The first-order valence-corrected chi connectivity index (χ1v) is 7.73. The number of allylic oxidation sites excluding steroid dienone is 2. The van der Waals surface area contributed by atoms with Crippen LogP contribution in [0.1, 0.15) is 50.5 Å². The van der Waals surface area contributed by atoms with Crippen LogP contribution in [-0.2, 0) is 11.3 Å². The molecule has 0 N–H and O–H groups in total. The summed E-state index contributed by atoms with van der Waals surface area (Å²) >= 11 is 0. The minimum Gasteiger partial charge on any atom is -0.399 e. The molecule has 20 heavy (non-hydrogen) atoms. The Bertz CT molecular complexity index is 448. The minimum absolute atomic E-state index is 1.05. The van der Waals surface area contributed by atoms with Gasteiger partial charge in [-0.15, -0.1) is 0 Å². The highest BCUT2D eigenvalue weighted by Crippen LogP contribution is 2.21. The van der Waals surface area contributed by atoms with E-state index in [9.17, 15) is 0 Å². The second kappa shape index (κ2) is 8.57. The molecule has 0 aliphatic heterocycles. The van der Waals surface area contributed by atoms with Crippen LogP contribution in [0.25, 0.3) is 0 Å². The molecule has 0 fully saturated rings. The quantitative estimate of drug-likeness (QED) is 0.486. The summed E-state index contributed by atoms with van der Waals surface area (Å²) in [7, 11) is 1.63. The third-order valence-electron chi connectivity index (χ3n) is 3.85. The van der Waals surface area contributed by atoms with Crippen molar-refractivity contribution in [3.05, 3.63) is 47.5 Å². The molecule has 0 radical (unpaired) electrons. The fraction of sp³-hybridized carbons (Fsp3) is 0.500. The van der Waals surface area contributed by atoms with Gasteiger partial charge in [0.05, 0.1) is 5.71 Å². The maximum Gasteiger partial charge on any atom is 0.106 e. The molecule has 2 rings (SSSR count). The van der Waals surface area contributed by atoms with Crippen LogP contribution >= 0.6 is 0 Å². The number of nitrogens with zero attached hydrogens (tertiary/aromatic N) is 1. The van der Waals surface area contributed by atoms with Crippen LogP contribution in [0.5, 0.6) is 0 Å². The first-order chi connectivity index (χ1) is 9.90. The molecule has 1 aliphatic carbocycles. The molecular formula is C18H25NO. The lowest BCUT2D eigenvalue weighted by Crippen LogP contribution is -1.98. The molecule has 0 atom stereocenters. The van der Waals surface area contributed by atoms with Gasteiger partial charge in [0.25, 0.3) is 0 Å². The molecule has 0 aromatic heterocycles. The van der Waals surface area contributed by atoms with Crippen LogP contribution < -0.4 is 0 Å². The maximum absolute atomic E-state index is 4.90. The maximum atomic E-state index is 4.90. The summed E-state index contributed by atoms with van der Waals surface area (Å²) in [5, 5.41) is 4.11. The SMILES string of the molecule is CON=C1CCC=C1CCCCCCc1ccccc1. The van der Waals surface area contributed by atoms with Crippen LogP contribution in [0.15, 0.2) is 47.1 Å². The summed E-state index contributed by atoms with van der Waals surface area (Å²) in [6.07, 6.45) is 12.1. The van der Waals surface area contributed by atoms with Crippen LogP contribution in [0.2, 0.25) is 0 Å². The van der Waals surface area contributed by atoms with Crippen molar-refractivity contribution in [1.29, 1.82) is 0 Å². The molecule has 0 saturated heterocycles. The minimum atomic E-state index is 1.05. The second-order valence-corrected chi connectivity index (χ2v) is 5.39. The van der Waals surface area contributed by atoms with Gasteiger partial charge >= 0.3 is 0 Å². The van der Waals surface area contributed by atoms with Crippen molar-refractivity contribution < 1.29 is 4.84 Å². The molecule has 2 heteroatoms. The first kappa shape index (κ1) is 14.8. The Morgan fingerprint density at radius 2 is 1.75 bits per heavy atom. The molecule has 0 spiro atoms. The predicted molar refractivity (Wildman–Crippen MR) is 85.0 cm³/mol. The third kappa shape index (κ3) is 4.84. The van der Waals surface area contributed by atoms with Gasteiger partial charge in [-0.1, -0.05) is 54.4 Å². The Morgan fingerprint density at radius 3 is 2.50 bits per heavy atom. The van der Waals surface area contributed by atoms with E-state index in [0.717, 1.165) is 25.0 Å². The molecule has 2 nitrogen and oxygen atoms in total. The predicted octanol–water partition coefficient (Wildman–Crippen LogP) is 4.90. The number of hydrogen-bond acceptors (Lipinski definition) is 2. The van der Waals surface area contributed by atoms with Gasteiger partial charge in [0.1, 0.15) is 7.11 Å². The zero-order valence-electron chi connectivity index (χ0n) is 12.5. The van der Waals surface area contributed by atoms with Crippen molar-refractivity contribution in [1.82, 2.24) is 0 Å². The van der Waals surface area contributed by atoms with Crippen molar-refractivity contribution in [3.63, 3.8) is 0 Å². The zero-order chi connectivity index (χ0) is 14.0. The van der Waals surface area contributed by atoms with Gasteiger partial charge in [-0.2, -0.15) is 0 Å². The van der Waals surface area contributed by atoms with E-state index >= 15 is 0 Å². The molecule has 0 amide bonds. The fourth-order valence-electron chi connectivity index (χ4n) is 2.77. The fourth-order valence-corrected chi connectivity index (χ4v) is 2.77. The summed E-state index contributed by atoms with van der Waals surface area (Å²) in [5.74, 6) is 0. The summed E-state index contributed by atoms with van der Waals surface area (Å²) in [6.45, 7) is 0. The number of hydrogen-bond donors (Lipinski definition) is 0. The number of benzene rings is 1. The Kier molecular flexibility index (Phi) is 6.36. The highest BCUT2D eigenvalue weighted by atomic mass is 16.6. The van der Waals surface area contributed by atoms with Gasteiger partial charge in [0.15, 0.2) is 0 Å². The van der Waals surface area contributed by atoms with Gasteiger partial charge in [0, 0.05) is 0 Å². The first-order valence-electron chi connectivity index (χ1n) is 7.73. The summed E-state index contributed by atoms with van der Waals surface area (Å²) in [4.78, 5) is 4.90. The topological polar surface area (TPSA) is 21.6 Å². The van der Waals surface area contributed by atoms with Crippen LogP contribution in [0.4, 0.5) is 0 Å². The largest absolute Gasteiger partial charge is 0.399 e. The Balaban J connectivity index is 1.57. The van der Waals surface area contributed by atoms with Crippen molar-refractivity contribution in [2.45, 2.75) is 51.4 Å². The lowest BCUT2D eigenvalue weighted by atomic mass is 10.0. The number of unbranched alkanes of at least 4 members (excludes halogenated alkanes) is 3. The van der Waals surface area contributed by atoms with Gasteiger partial charge in [0.2, 0.25) is 0 Å². The number of rotatable bonds is 8. The Labute approximate surface area is 122 Å². The van der Waals surface area contributed by atoms with Gasteiger partial charge < -0.3 is 4.84 Å². The van der Waals surface area contributed by atoms with Gasteiger partial charge in [-0.25, -0.2) is 0 Å². The van der Waals surface area contributed by atoms with Crippen molar-refractivity contribution in [3.8, 4) is 0 Å². The highest BCUT2D eigenvalue weighted by Gasteiger charge is 2.13. The average Bonchev–Trinajstić information content (AvgIpc) is 2.92. The third-order valence-corrected chi connectivity index (χ3v) is 3.85. The van der Waals surface area contributed by atoms with E-state index in [1.807, 2.05) is 0 Å². The smallest absolute Gasteiger partial charge is 0.106 e. The van der Waals surface area contributed by atoms with E-state index in [0.29, 0.717) is 0 Å². The summed E-state index contributed by atoms with van der Waals surface area (Å²) in [6, 6.07) is 10.8. The Morgan fingerprint density at radius 1 is 1.00 bits per heavy atom. The molecule has 0 heterocycles. The number of aryl methyl sites for hydroxylation is 1. The van der Waals surface area contributed by atoms with E-state index in [-0.39, 0.29) is 0 Å². The molecule has 1 aliphatic rings. The highest BCUT2D eigenvalue weighted by molar-refractivity contribution is 6.01. The van der Waals surface area contributed by atoms with Crippen LogP contribution in [0.3, 0.4) is 0 Å². The second-order valence-electron chi connectivity index (χ2n) is 5.39. The Hall–Kier alpha value is -1.57. The van der Waals surface area contributed by atoms with Crippen LogP contribution in [0, 0.1) is 0 Å². The lowest BCUT2D eigenvalue weighted by Gasteiger charge is -2.05. The average molecular weight is 271 g/mol. The molecule has 108 valence electrons. The molecule has 0 unspecified atom stereocenters. The molecule has 0 saturated carbocycles. The molecule has 1 aromatic carbocycles. The van der Waals surface area contributed by atoms with Crippen molar-refractivity contribution in [2.75, 3.05) is 7.11 Å². The standard InChI is InChI=1S/C18H25NO/c1-20-19-18-15-9-14-17(18)13-8-3-2-5-10-16-11-6-4-7-12-16/h4,6-7,11-12,14H,2-3,5,8-10,13,15H2,1H3. The van der Waals surface area contributed by atoms with E-state index in [2.05, 4.69) is 41.6 Å². The lowest BCUT2D eigenvalue weighted by molar-refractivity contribution is 0.213. The van der Waals surface area contributed by atoms with Crippen molar-refractivity contribution >= 4 is 5.71 Å². The molecular weight excluding hydrogens is 246 g/mol. The number of oxime groups is 1. The van der Waals surface area contributed by atoms with E-state index in [1.54, 1.807) is 7.11 Å². The summed E-state index contributed by atoms with van der Waals surface area (Å²) in [5.41, 5.74) is 4.03. The molecule has 0 bridgehead atoms. The summed E-state index contributed by atoms with van der Waals surface area (Å²) < 4.78 is 0. The monoisotopic (exact) mass is 271 g/mol. The van der Waals surface area contributed by atoms with Gasteiger partial charge in [-0.05, 0) is 49.7 Å². The van der Waals surface area contributed by atoms with E-state index in [1.165, 1.54) is 43.2 Å². The van der Waals surface area contributed by atoms with E-state index in [4.69, 9.17) is 4.84 Å². The van der Waals surface area contributed by atoms with Gasteiger partial charge in [-0.3, -0.25) is 0 Å².